The van der Waals surface area contributed by atoms with Crippen LogP contribution in [0.4, 0.5) is 4.79 Å². The number of rotatable bonds is 8. The number of aliphatic hydroxyl groups is 1. The predicted octanol–water partition coefficient (Wildman–Crippen LogP) is 3.05. The van der Waals surface area contributed by atoms with Gasteiger partial charge in [-0.1, -0.05) is 19.1 Å². The number of hydrogen-bond donors (Lipinski definition) is 3. The van der Waals surface area contributed by atoms with E-state index in [9.17, 15) is 14.7 Å². The maximum Gasteiger partial charge on any atom is 0.540 e. The SMILES string of the molecule is CC[C@H](O)CC[C@@H]1[C@H]2Cc3cccc(OCC(=O)O)c3C[C@H]2C[C@H]1OC(=O)OO. The minimum atomic E-state index is -1.11. The van der Waals surface area contributed by atoms with Crippen LogP contribution < -0.4 is 4.74 Å². The third-order valence-corrected chi connectivity index (χ3v) is 6.30. The first-order valence-corrected chi connectivity index (χ1v) is 10.1. The van der Waals surface area contributed by atoms with Gasteiger partial charge in [-0.15, -0.1) is 0 Å². The molecular weight excluding hydrogens is 380 g/mol. The van der Waals surface area contributed by atoms with Crippen molar-refractivity contribution in [2.45, 2.75) is 57.7 Å². The average Bonchev–Trinajstić information content (AvgIpc) is 3.04. The maximum absolute atomic E-state index is 11.5. The fourth-order valence-electron chi connectivity index (χ4n) is 4.92. The molecule has 0 bridgehead atoms. The van der Waals surface area contributed by atoms with E-state index in [1.807, 2.05) is 19.1 Å². The Balaban J connectivity index is 1.79. The first-order valence-electron chi connectivity index (χ1n) is 10.1. The van der Waals surface area contributed by atoms with E-state index in [1.54, 1.807) is 6.07 Å². The van der Waals surface area contributed by atoms with E-state index in [-0.39, 0.29) is 17.8 Å². The lowest BCUT2D eigenvalue weighted by molar-refractivity contribution is -0.207. The minimum absolute atomic E-state index is 0.0528. The van der Waals surface area contributed by atoms with E-state index in [1.165, 1.54) is 0 Å². The minimum Gasteiger partial charge on any atom is -0.482 e. The number of hydrogen-bond acceptors (Lipinski definition) is 7. The molecule has 1 fully saturated rings. The molecule has 0 spiro atoms. The number of aliphatic hydroxyl groups excluding tert-OH is 1. The molecule has 0 unspecified atom stereocenters. The van der Waals surface area contributed by atoms with E-state index in [0.717, 1.165) is 17.5 Å². The number of carbonyl (C=O) groups excluding carboxylic acids is 1. The molecule has 0 aliphatic heterocycles. The molecule has 0 saturated heterocycles. The van der Waals surface area contributed by atoms with Crippen molar-refractivity contribution < 1.29 is 39.4 Å². The average molecular weight is 408 g/mol. The van der Waals surface area contributed by atoms with Gasteiger partial charge in [0, 0.05) is 0 Å². The van der Waals surface area contributed by atoms with Gasteiger partial charge >= 0.3 is 12.1 Å². The predicted molar refractivity (Wildman–Crippen MR) is 102 cm³/mol. The van der Waals surface area contributed by atoms with Crippen molar-refractivity contribution >= 4 is 12.1 Å². The summed E-state index contributed by atoms with van der Waals surface area (Å²) < 4.78 is 10.8. The summed E-state index contributed by atoms with van der Waals surface area (Å²) in [5.41, 5.74) is 2.12. The van der Waals surface area contributed by atoms with E-state index in [0.29, 0.717) is 37.9 Å². The lowest BCUT2D eigenvalue weighted by atomic mass is 9.73. The molecule has 8 nitrogen and oxygen atoms in total. The van der Waals surface area contributed by atoms with Crippen LogP contribution in [0.3, 0.4) is 0 Å². The van der Waals surface area contributed by atoms with Crippen LogP contribution in [0.15, 0.2) is 18.2 Å². The van der Waals surface area contributed by atoms with Crippen molar-refractivity contribution in [3.8, 4) is 5.75 Å². The highest BCUT2D eigenvalue weighted by Crippen LogP contribution is 2.49. The van der Waals surface area contributed by atoms with Gasteiger partial charge in [0.1, 0.15) is 11.9 Å². The molecule has 2 aliphatic rings. The van der Waals surface area contributed by atoms with E-state index in [2.05, 4.69) is 4.89 Å². The molecule has 1 aromatic carbocycles. The van der Waals surface area contributed by atoms with Crippen LogP contribution >= 0.6 is 0 Å². The second-order valence-corrected chi connectivity index (χ2v) is 7.94. The molecule has 3 N–H and O–H groups in total. The molecule has 0 aromatic heterocycles. The Bertz CT molecular complexity index is 733. The molecule has 0 radical (unpaired) electrons. The van der Waals surface area contributed by atoms with Gasteiger partial charge in [-0.2, -0.15) is 5.26 Å². The summed E-state index contributed by atoms with van der Waals surface area (Å²) in [7, 11) is 0. The second-order valence-electron chi connectivity index (χ2n) is 7.94. The van der Waals surface area contributed by atoms with Crippen LogP contribution in [0.25, 0.3) is 0 Å². The van der Waals surface area contributed by atoms with E-state index in [4.69, 9.17) is 19.8 Å². The number of carboxylic acid groups (broad SMARTS) is 1. The van der Waals surface area contributed by atoms with Gasteiger partial charge in [0.2, 0.25) is 0 Å². The van der Waals surface area contributed by atoms with Crippen molar-refractivity contribution in [2.24, 2.45) is 17.8 Å². The van der Waals surface area contributed by atoms with Gasteiger partial charge in [-0.25, -0.2) is 9.59 Å². The standard InChI is InChI=1S/C21H28O8/c1-2-14(22)6-7-15-16-8-12-4-3-5-18(27-11-20(23)24)17(12)9-13(16)10-19(15)28-21(25)29-26/h3-5,13-16,19,22,26H,2,6-11H2,1H3,(H,23,24)/t13-,14-,15+,16-,19+/m0/s1. The molecule has 0 heterocycles. The fourth-order valence-corrected chi connectivity index (χ4v) is 4.92. The fraction of sp³-hybridized carbons (Fsp3) is 0.619. The Morgan fingerprint density at radius 1 is 1.28 bits per heavy atom. The van der Waals surface area contributed by atoms with Crippen molar-refractivity contribution in [1.82, 2.24) is 0 Å². The van der Waals surface area contributed by atoms with Crippen molar-refractivity contribution in [2.75, 3.05) is 6.61 Å². The van der Waals surface area contributed by atoms with Crippen molar-refractivity contribution in [3.63, 3.8) is 0 Å². The Morgan fingerprint density at radius 2 is 2.07 bits per heavy atom. The Hall–Kier alpha value is -2.32. The van der Waals surface area contributed by atoms with Crippen LogP contribution in [-0.4, -0.2) is 46.4 Å². The van der Waals surface area contributed by atoms with Crippen LogP contribution in [0.1, 0.15) is 43.7 Å². The molecule has 8 heteroatoms. The van der Waals surface area contributed by atoms with Crippen LogP contribution in [-0.2, 0) is 27.3 Å². The molecule has 0 amide bonds. The summed E-state index contributed by atoms with van der Waals surface area (Å²) in [6.45, 7) is 1.53. The third-order valence-electron chi connectivity index (χ3n) is 6.30. The highest BCUT2D eigenvalue weighted by atomic mass is 17.1. The van der Waals surface area contributed by atoms with Gasteiger partial charge in [0.15, 0.2) is 6.61 Å². The van der Waals surface area contributed by atoms with E-state index < -0.39 is 30.9 Å². The van der Waals surface area contributed by atoms with E-state index >= 15 is 0 Å². The summed E-state index contributed by atoms with van der Waals surface area (Å²) >= 11 is 0. The highest BCUT2D eigenvalue weighted by molar-refractivity contribution is 5.68. The number of fused-ring (bicyclic) bond motifs is 2. The smallest absolute Gasteiger partial charge is 0.482 e. The monoisotopic (exact) mass is 408 g/mol. The molecule has 29 heavy (non-hydrogen) atoms. The van der Waals surface area contributed by atoms with Crippen LogP contribution in [0.2, 0.25) is 0 Å². The quantitative estimate of drug-likeness (QED) is 0.341. The third kappa shape index (κ3) is 5.00. The molecule has 2 aliphatic carbocycles. The summed E-state index contributed by atoms with van der Waals surface area (Å²) in [6.07, 6.45) is 2.19. The Morgan fingerprint density at radius 3 is 2.76 bits per heavy atom. The maximum atomic E-state index is 11.5. The highest BCUT2D eigenvalue weighted by Gasteiger charge is 2.47. The van der Waals surface area contributed by atoms with Gasteiger partial charge in [0.05, 0.1) is 6.10 Å². The van der Waals surface area contributed by atoms with Gasteiger partial charge in [0.25, 0.3) is 0 Å². The van der Waals surface area contributed by atoms with Crippen LogP contribution in [0.5, 0.6) is 5.75 Å². The molecule has 5 atom stereocenters. The largest absolute Gasteiger partial charge is 0.540 e. The summed E-state index contributed by atoms with van der Waals surface area (Å²) in [5.74, 6) is 0.107. The topological polar surface area (TPSA) is 123 Å². The number of carbonyl (C=O) groups is 2. The normalized spacial score (nSPS) is 26.2. The Kier molecular flexibility index (Phi) is 6.97. The molecule has 160 valence electrons. The number of aliphatic carboxylic acids is 1. The zero-order valence-electron chi connectivity index (χ0n) is 16.5. The molecule has 1 aromatic rings. The zero-order chi connectivity index (χ0) is 21.0. The number of carboxylic acids is 1. The first-order chi connectivity index (χ1) is 13.9. The lowest BCUT2D eigenvalue weighted by Gasteiger charge is -2.32. The van der Waals surface area contributed by atoms with Crippen LogP contribution in [0, 0.1) is 17.8 Å². The number of benzene rings is 1. The molecular formula is C21H28O8. The molecule has 3 rings (SSSR count). The first kappa shape index (κ1) is 21.4. The number of ether oxygens (including phenoxy) is 2. The summed E-state index contributed by atoms with van der Waals surface area (Å²) in [6, 6.07) is 5.66. The van der Waals surface area contributed by atoms with Gasteiger partial charge in [-0.3, -0.25) is 4.89 Å². The Labute approximate surface area is 169 Å². The molecule has 1 saturated carbocycles. The zero-order valence-corrected chi connectivity index (χ0v) is 16.5. The summed E-state index contributed by atoms with van der Waals surface area (Å²) in [5, 5.41) is 27.5. The van der Waals surface area contributed by atoms with Crippen molar-refractivity contribution in [1.29, 1.82) is 0 Å². The second kappa shape index (κ2) is 9.45. The van der Waals surface area contributed by atoms with Crippen molar-refractivity contribution in [3.05, 3.63) is 29.3 Å². The van der Waals surface area contributed by atoms with Gasteiger partial charge in [-0.05, 0) is 73.5 Å². The summed E-state index contributed by atoms with van der Waals surface area (Å²) in [4.78, 5) is 26.1. The van der Waals surface area contributed by atoms with Gasteiger partial charge < -0.3 is 19.7 Å². The lowest BCUT2D eigenvalue weighted by Crippen LogP contribution is -2.29.